The van der Waals surface area contributed by atoms with Crippen molar-refractivity contribution in [2.24, 2.45) is 0 Å². The van der Waals surface area contributed by atoms with Crippen LogP contribution in [0.2, 0.25) is 0 Å². The number of rotatable bonds is 4. The van der Waals surface area contributed by atoms with Gasteiger partial charge in [0.2, 0.25) is 0 Å². The third-order valence-corrected chi connectivity index (χ3v) is 3.23. The molecule has 0 aliphatic carbocycles. The first-order chi connectivity index (χ1) is 10.6. The van der Waals surface area contributed by atoms with Crippen molar-refractivity contribution in [2.45, 2.75) is 6.92 Å². The molecule has 2 rings (SSSR count). The van der Waals surface area contributed by atoms with Crippen molar-refractivity contribution in [3.8, 4) is 17.6 Å². The zero-order chi connectivity index (χ0) is 16.1. The molecule has 1 amide bonds. The minimum atomic E-state index is -0.285. The van der Waals surface area contributed by atoms with E-state index in [1.54, 1.807) is 43.5 Å². The number of methoxy groups -OCH3 is 2. The highest BCUT2D eigenvalue weighted by atomic mass is 16.5. The number of nitrogens with zero attached hydrogens (tertiary/aromatic N) is 1. The summed E-state index contributed by atoms with van der Waals surface area (Å²) in [6.45, 7) is 1.86. The standard InChI is InChI=1S/C17H16N2O3/c1-11-7-15(21-2)16(22-3)9-14(11)19-17(20)13-6-4-5-12(8-13)10-18/h4-9H,1-3H3,(H,19,20). The van der Waals surface area contributed by atoms with Gasteiger partial charge in [-0.25, -0.2) is 0 Å². The van der Waals surface area contributed by atoms with Crippen LogP contribution in [0.1, 0.15) is 21.5 Å². The molecule has 0 aliphatic heterocycles. The normalized spacial score (nSPS) is 9.73. The Balaban J connectivity index is 2.30. The molecule has 112 valence electrons. The summed E-state index contributed by atoms with van der Waals surface area (Å²) in [5.41, 5.74) is 2.34. The maximum absolute atomic E-state index is 12.3. The fraction of sp³-hybridized carbons (Fsp3) is 0.176. The predicted octanol–water partition coefficient (Wildman–Crippen LogP) is 3.14. The van der Waals surface area contributed by atoms with Crippen LogP contribution in [0.4, 0.5) is 5.69 Å². The highest BCUT2D eigenvalue weighted by molar-refractivity contribution is 6.05. The molecule has 5 nitrogen and oxygen atoms in total. The largest absolute Gasteiger partial charge is 0.493 e. The van der Waals surface area contributed by atoms with Crippen LogP contribution in [0, 0.1) is 18.3 Å². The zero-order valence-electron chi connectivity index (χ0n) is 12.6. The zero-order valence-corrected chi connectivity index (χ0v) is 12.6. The van der Waals surface area contributed by atoms with Crippen LogP contribution in [0.25, 0.3) is 0 Å². The number of ether oxygens (including phenoxy) is 2. The average Bonchev–Trinajstić information content (AvgIpc) is 2.56. The van der Waals surface area contributed by atoms with E-state index in [0.29, 0.717) is 28.3 Å². The first kappa shape index (κ1) is 15.4. The fourth-order valence-electron chi connectivity index (χ4n) is 2.04. The van der Waals surface area contributed by atoms with E-state index in [9.17, 15) is 4.79 Å². The second-order valence-electron chi connectivity index (χ2n) is 4.67. The molecule has 0 heterocycles. The predicted molar refractivity (Wildman–Crippen MR) is 83.4 cm³/mol. The summed E-state index contributed by atoms with van der Waals surface area (Å²) in [6, 6.07) is 12.0. The molecule has 0 aliphatic rings. The van der Waals surface area contributed by atoms with Crippen molar-refractivity contribution in [3.63, 3.8) is 0 Å². The molecular weight excluding hydrogens is 280 g/mol. The Morgan fingerprint density at radius 1 is 1.14 bits per heavy atom. The average molecular weight is 296 g/mol. The highest BCUT2D eigenvalue weighted by Gasteiger charge is 2.12. The number of carbonyl (C=O) groups excluding carboxylic acids is 1. The van der Waals surface area contributed by atoms with Crippen molar-refractivity contribution in [1.29, 1.82) is 5.26 Å². The van der Waals surface area contributed by atoms with Crippen molar-refractivity contribution >= 4 is 11.6 Å². The molecule has 0 radical (unpaired) electrons. The van der Waals surface area contributed by atoms with Gasteiger partial charge in [-0.2, -0.15) is 5.26 Å². The minimum absolute atomic E-state index is 0.285. The molecule has 5 heteroatoms. The summed E-state index contributed by atoms with van der Waals surface area (Å²) in [5, 5.41) is 11.7. The van der Waals surface area contributed by atoms with Gasteiger partial charge in [0, 0.05) is 17.3 Å². The monoisotopic (exact) mass is 296 g/mol. The van der Waals surface area contributed by atoms with Crippen LogP contribution in [-0.4, -0.2) is 20.1 Å². The number of aryl methyl sites for hydroxylation is 1. The number of nitriles is 1. The van der Waals surface area contributed by atoms with E-state index in [1.807, 2.05) is 13.0 Å². The van der Waals surface area contributed by atoms with Gasteiger partial charge in [0.15, 0.2) is 11.5 Å². The van der Waals surface area contributed by atoms with Crippen molar-refractivity contribution in [3.05, 3.63) is 53.1 Å². The van der Waals surface area contributed by atoms with Gasteiger partial charge >= 0.3 is 0 Å². The number of anilines is 1. The molecular formula is C17H16N2O3. The number of carbonyl (C=O) groups is 1. The van der Waals surface area contributed by atoms with E-state index in [4.69, 9.17) is 14.7 Å². The molecule has 2 aromatic rings. The molecule has 1 N–H and O–H groups in total. The summed E-state index contributed by atoms with van der Waals surface area (Å²) in [4.78, 5) is 12.3. The summed E-state index contributed by atoms with van der Waals surface area (Å²) in [6.07, 6.45) is 0. The molecule has 2 aromatic carbocycles. The van der Waals surface area contributed by atoms with E-state index in [1.165, 1.54) is 7.11 Å². The molecule has 0 unspecified atom stereocenters. The topological polar surface area (TPSA) is 71.3 Å². The molecule has 0 saturated heterocycles. The van der Waals surface area contributed by atoms with Crippen LogP contribution in [0.3, 0.4) is 0 Å². The Morgan fingerprint density at radius 2 is 1.82 bits per heavy atom. The van der Waals surface area contributed by atoms with Gasteiger partial charge < -0.3 is 14.8 Å². The number of nitrogens with one attached hydrogen (secondary N) is 1. The summed E-state index contributed by atoms with van der Waals surface area (Å²) >= 11 is 0. The third kappa shape index (κ3) is 3.18. The number of hydrogen-bond acceptors (Lipinski definition) is 4. The van der Waals surface area contributed by atoms with Gasteiger partial charge in [-0.15, -0.1) is 0 Å². The molecule has 0 atom stereocenters. The van der Waals surface area contributed by atoms with Crippen LogP contribution < -0.4 is 14.8 Å². The molecule has 0 bridgehead atoms. The lowest BCUT2D eigenvalue weighted by Crippen LogP contribution is -2.13. The van der Waals surface area contributed by atoms with Crippen LogP contribution >= 0.6 is 0 Å². The van der Waals surface area contributed by atoms with E-state index in [0.717, 1.165) is 5.56 Å². The second-order valence-corrected chi connectivity index (χ2v) is 4.67. The Morgan fingerprint density at radius 3 is 2.45 bits per heavy atom. The Hall–Kier alpha value is -3.00. The fourth-order valence-corrected chi connectivity index (χ4v) is 2.04. The minimum Gasteiger partial charge on any atom is -0.493 e. The SMILES string of the molecule is COc1cc(C)c(NC(=O)c2cccc(C#N)c2)cc1OC. The van der Waals surface area contributed by atoms with Gasteiger partial charge in [-0.1, -0.05) is 6.07 Å². The molecule has 0 saturated carbocycles. The third-order valence-electron chi connectivity index (χ3n) is 3.23. The Labute approximate surface area is 129 Å². The summed E-state index contributed by atoms with van der Waals surface area (Å²) < 4.78 is 10.5. The van der Waals surface area contributed by atoms with Gasteiger partial charge in [0.05, 0.1) is 25.9 Å². The Kier molecular flexibility index (Phi) is 4.64. The summed E-state index contributed by atoms with van der Waals surface area (Å²) in [7, 11) is 3.10. The van der Waals surface area contributed by atoms with E-state index in [-0.39, 0.29) is 5.91 Å². The quantitative estimate of drug-likeness (QED) is 0.941. The van der Waals surface area contributed by atoms with Crippen molar-refractivity contribution in [1.82, 2.24) is 0 Å². The first-order valence-corrected chi connectivity index (χ1v) is 6.63. The maximum Gasteiger partial charge on any atom is 0.255 e. The second kappa shape index (κ2) is 6.64. The molecule has 22 heavy (non-hydrogen) atoms. The van der Waals surface area contributed by atoms with Crippen LogP contribution in [0.5, 0.6) is 11.5 Å². The van der Waals surface area contributed by atoms with E-state index < -0.39 is 0 Å². The van der Waals surface area contributed by atoms with Gasteiger partial charge in [0.1, 0.15) is 0 Å². The van der Waals surface area contributed by atoms with E-state index >= 15 is 0 Å². The van der Waals surface area contributed by atoms with Gasteiger partial charge in [-0.05, 0) is 36.8 Å². The van der Waals surface area contributed by atoms with Crippen molar-refractivity contribution in [2.75, 3.05) is 19.5 Å². The smallest absolute Gasteiger partial charge is 0.255 e. The lowest BCUT2D eigenvalue weighted by molar-refractivity contribution is 0.102. The first-order valence-electron chi connectivity index (χ1n) is 6.63. The van der Waals surface area contributed by atoms with Gasteiger partial charge in [-0.3, -0.25) is 4.79 Å². The number of benzene rings is 2. The van der Waals surface area contributed by atoms with Gasteiger partial charge in [0.25, 0.3) is 5.91 Å². The molecule has 0 spiro atoms. The number of amides is 1. The lowest BCUT2D eigenvalue weighted by Gasteiger charge is -2.13. The van der Waals surface area contributed by atoms with Crippen LogP contribution in [-0.2, 0) is 0 Å². The highest BCUT2D eigenvalue weighted by Crippen LogP contribution is 2.33. The van der Waals surface area contributed by atoms with Crippen LogP contribution in [0.15, 0.2) is 36.4 Å². The Bertz CT molecular complexity index is 748. The summed E-state index contributed by atoms with van der Waals surface area (Å²) in [5.74, 6) is 0.853. The lowest BCUT2D eigenvalue weighted by atomic mass is 10.1. The molecule has 0 fully saturated rings. The van der Waals surface area contributed by atoms with Crippen molar-refractivity contribution < 1.29 is 14.3 Å². The number of hydrogen-bond donors (Lipinski definition) is 1. The van der Waals surface area contributed by atoms with E-state index in [2.05, 4.69) is 5.32 Å². The molecule has 0 aromatic heterocycles. The maximum atomic E-state index is 12.3.